The van der Waals surface area contributed by atoms with Gasteiger partial charge in [0.15, 0.2) is 5.96 Å². The van der Waals surface area contributed by atoms with Crippen LogP contribution in [0.25, 0.3) is 0 Å². The van der Waals surface area contributed by atoms with Crippen LogP contribution in [0, 0.1) is 5.41 Å². The molecule has 7 nitrogen and oxygen atoms in total. The molecule has 3 heterocycles. The largest absolute Gasteiger partial charge is 0.474 e. The number of carbonyl (C=O) groups is 1. The minimum atomic E-state index is 0.0618. The number of ether oxygens (including phenoxy) is 1. The number of amides is 1. The topological polar surface area (TPSA) is 78.9 Å². The summed E-state index contributed by atoms with van der Waals surface area (Å²) in [6, 6.07) is 4.02. The molecule has 1 aromatic rings. The lowest BCUT2D eigenvalue weighted by molar-refractivity contribution is -0.119. The zero-order valence-electron chi connectivity index (χ0n) is 17.5. The Morgan fingerprint density at radius 1 is 1.38 bits per heavy atom. The van der Waals surface area contributed by atoms with Gasteiger partial charge in [-0.2, -0.15) is 0 Å². The number of guanidine groups is 1. The molecule has 1 aromatic heterocycles. The summed E-state index contributed by atoms with van der Waals surface area (Å²) in [7, 11) is 0. The van der Waals surface area contributed by atoms with Gasteiger partial charge in [-0.25, -0.2) is 9.98 Å². The van der Waals surface area contributed by atoms with Crippen molar-refractivity contribution in [3.63, 3.8) is 0 Å². The maximum atomic E-state index is 11.8. The Morgan fingerprint density at radius 3 is 2.93 bits per heavy atom. The fraction of sp³-hybridized carbons (Fsp3) is 0.682. The van der Waals surface area contributed by atoms with E-state index in [-0.39, 0.29) is 11.3 Å². The van der Waals surface area contributed by atoms with Gasteiger partial charge in [-0.15, -0.1) is 0 Å². The Kier molecular flexibility index (Phi) is 6.21. The summed E-state index contributed by atoms with van der Waals surface area (Å²) in [6.45, 7) is 6.14. The lowest BCUT2D eigenvalue weighted by Crippen LogP contribution is -2.51. The van der Waals surface area contributed by atoms with Crippen molar-refractivity contribution < 1.29 is 9.53 Å². The summed E-state index contributed by atoms with van der Waals surface area (Å²) in [4.78, 5) is 23.4. The standard InChI is InChI=1S/C22H33N5O2/c1-2-23-21(27-11-5-10-22(16-27)12-19(28)26-15-22)25-14-17-8-9-20(24-13-17)29-18-6-3-4-7-18/h8-9,13,18H,2-7,10-12,14-16H2,1H3,(H,23,25)(H,26,28). The van der Waals surface area contributed by atoms with Crippen LogP contribution in [0.5, 0.6) is 5.88 Å². The molecule has 3 fully saturated rings. The third-order valence-electron chi connectivity index (χ3n) is 6.29. The number of carbonyl (C=O) groups excluding carboxylic acids is 1. The molecule has 2 aliphatic heterocycles. The SMILES string of the molecule is CCNC(=NCc1ccc(OC2CCCC2)nc1)N1CCCC2(CNC(=O)C2)C1. The van der Waals surface area contributed by atoms with E-state index in [1.54, 1.807) is 0 Å². The molecular formula is C22H33N5O2. The van der Waals surface area contributed by atoms with Crippen molar-refractivity contribution in [2.75, 3.05) is 26.2 Å². The van der Waals surface area contributed by atoms with Crippen LogP contribution in [0.3, 0.4) is 0 Å². The van der Waals surface area contributed by atoms with E-state index in [1.165, 1.54) is 12.8 Å². The smallest absolute Gasteiger partial charge is 0.220 e. The van der Waals surface area contributed by atoms with Crippen molar-refractivity contribution >= 4 is 11.9 Å². The molecule has 4 rings (SSSR count). The highest BCUT2D eigenvalue weighted by atomic mass is 16.5. The molecule has 2 N–H and O–H groups in total. The monoisotopic (exact) mass is 399 g/mol. The first kappa shape index (κ1) is 20.0. The quantitative estimate of drug-likeness (QED) is 0.587. The number of rotatable bonds is 5. The number of aliphatic imine (C=N–C) groups is 1. The Labute approximate surface area is 173 Å². The molecule has 1 saturated carbocycles. The molecule has 7 heteroatoms. The molecule has 0 radical (unpaired) electrons. The zero-order valence-corrected chi connectivity index (χ0v) is 17.5. The molecule has 0 aromatic carbocycles. The minimum Gasteiger partial charge on any atom is -0.474 e. The van der Waals surface area contributed by atoms with Crippen LogP contribution in [-0.2, 0) is 11.3 Å². The molecule has 158 valence electrons. The van der Waals surface area contributed by atoms with E-state index in [0.717, 1.165) is 63.4 Å². The van der Waals surface area contributed by atoms with E-state index >= 15 is 0 Å². The summed E-state index contributed by atoms with van der Waals surface area (Å²) in [6.07, 6.45) is 9.82. The van der Waals surface area contributed by atoms with E-state index in [0.29, 0.717) is 24.9 Å². The number of piperidine rings is 1. The predicted molar refractivity (Wildman–Crippen MR) is 113 cm³/mol. The highest BCUT2D eigenvalue weighted by Crippen LogP contribution is 2.36. The third-order valence-corrected chi connectivity index (χ3v) is 6.29. The van der Waals surface area contributed by atoms with Gasteiger partial charge in [0.25, 0.3) is 0 Å². The molecule has 1 amide bonds. The van der Waals surface area contributed by atoms with Gasteiger partial charge in [0.2, 0.25) is 11.8 Å². The van der Waals surface area contributed by atoms with Crippen molar-refractivity contribution in [2.24, 2.45) is 10.4 Å². The van der Waals surface area contributed by atoms with Crippen LogP contribution < -0.4 is 15.4 Å². The van der Waals surface area contributed by atoms with Gasteiger partial charge < -0.3 is 20.3 Å². The van der Waals surface area contributed by atoms with Gasteiger partial charge in [0, 0.05) is 50.3 Å². The van der Waals surface area contributed by atoms with Crippen molar-refractivity contribution in [3.8, 4) is 5.88 Å². The Morgan fingerprint density at radius 2 is 2.24 bits per heavy atom. The van der Waals surface area contributed by atoms with Gasteiger partial charge in [-0.3, -0.25) is 4.79 Å². The number of hydrogen-bond donors (Lipinski definition) is 2. The Hall–Kier alpha value is -2.31. The summed E-state index contributed by atoms with van der Waals surface area (Å²) >= 11 is 0. The van der Waals surface area contributed by atoms with E-state index in [9.17, 15) is 4.79 Å². The molecule has 0 bridgehead atoms. The first-order valence-electron chi connectivity index (χ1n) is 11.1. The molecule has 1 aliphatic carbocycles. The summed E-state index contributed by atoms with van der Waals surface area (Å²) in [5.74, 6) is 1.82. The van der Waals surface area contributed by atoms with E-state index in [1.807, 2.05) is 12.3 Å². The lowest BCUT2D eigenvalue weighted by atomic mass is 9.79. The number of hydrogen-bond acceptors (Lipinski definition) is 4. The highest BCUT2D eigenvalue weighted by Gasteiger charge is 2.42. The molecule has 3 aliphatic rings. The minimum absolute atomic E-state index is 0.0618. The molecule has 2 saturated heterocycles. The zero-order chi connectivity index (χ0) is 20.1. The highest BCUT2D eigenvalue weighted by molar-refractivity contribution is 5.81. The third kappa shape index (κ3) is 5.00. The van der Waals surface area contributed by atoms with Crippen LogP contribution in [0.15, 0.2) is 23.3 Å². The number of aromatic nitrogens is 1. The Bertz CT molecular complexity index is 729. The first-order valence-corrected chi connectivity index (χ1v) is 11.1. The van der Waals surface area contributed by atoms with Gasteiger partial charge in [0.1, 0.15) is 6.10 Å². The average molecular weight is 400 g/mol. The van der Waals surface area contributed by atoms with Crippen molar-refractivity contribution in [1.29, 1.82) is 0 Å². The van der Waals surface area contributed by atoms with E-state index in [4.69, 9.17) is 9.73 Å². The second kappa shape index (κ2) is 9.01. The fourth-order valence-corrected chi connectivity index (χ4v) is 4.77. The van der Waals surface area contributed by atoms with E-state index < -0.39 is 0 Å². The lowest BCUT2D eigenvalue weighted by Gasteiger charge is -2.40. The number of nitrogens with zero attached hydrogens (tertiary/aromatic N) is 3. The van der Waals surface area contributed by atoms with Crippen LogP contribution in [0.4, 0.5) is 0 Å². The number of nitrogens with one attached hydrogen (secondary N) is 2. The van der Waals surface area contributed by atoms with E-state index in [2.05, 4.69) is 33.5 Å². The predicted octanol–water partition coefficient (Wildman–Crippen LogP) is 2.47. The molecular weight excluding hydrogens is 366 g/mol. The van der Waals surface area contributed by atoms with Crippen molar-refractivity contribution in [3.05, 3.63) is 23.9 Å². The first-order chi connectivity index (χ1) is 14.2. The van der Waals surface area contributed by atoms with Gasteiger partial charge in [-0.05, 0) is 51.0 Å². The summed E-state index contributed by atoms with van der Waals surface area (Å²) in [5, 5.41) is 6.44. The number of pyridine rings is 1. The average Bonchev–Trinajstić information content (AvgIpc) is 3.36. The van der Waals surface area contributed by atoms with Gasteiger partial charge in [-0.1, -0.05) is 6.07 Å². The molecule has 29 heavy (non-hydrogen) atoms. The van der Waals surface area contributed by atoms with Crippen LogP contribution in [-0.4, -0.2) is 54.0 Å². The summed E-state index contributed by atoms with van der Waals surface area (Å²) in [5.41, 5.74) is 1.13. The maximum Gasteiger partial charge on any atom is 0.220 e. The van der Waals surface area contributed by atoms with Crippen molar-refractivity contribution in [2.45, 2.75) is 64.5 Å². The second-order valence-electron chi connectivity index (χ2n) is 8.68. The molecule has 1 unspecified atom stereocenters. The molecule has 1 atom stereocenters. The van der Waals surface area contributed by atoms with Crippen LogP contribution in [0.2, 0.25) is 0 Å². The van der Waals surface area contributed by atoms with Crippen LogP contribution >= 0.6 is 0 Å². The fourth-order valence-electron chi connectivity index (χ4n) is 4.77. The second-order valence-corrected chi connectivity index (χ2v) is 8.68. The number of likely N-dealkylation sites (tertiary alicyclic amines) is 1. The van der Waals surface area contributed by atoms with Gasteiger partial charge in [0.05, 0.1) is 6.54 Å². The normalized spacial score (nSPS) is 25.5. The molecule has 1 spiro atoms. The van der Waals surface area contributed by atoms with Gasteiger partial charge >= 0.3 is 0 Å². The Balaban J connectivity index is 1.38. The summed E-state index contributed by atoms with van der Waals surface area (Å²) < 4.78 is 5.95. The maximum absolute atomic E-state index is 11.8. The van der Waals surface area contributed by atoms with Crippen molar-refractivity contribution in [1.82, 2.24) is 20.5 Å². The van der Waals surface area contributed by atoms with Crippen LogP contribution in [0.1, 0.15) is 57.4 Å².